The van der Waals surface area contributed by atoms with Crippen molar-refractivity contribution in [3.8, 4) is 0 Å². The largest absolute Gasteiger partial charge is 0.379 e. The molecule has 1 unspecified atom stereocenters. The molecule has 1 saturated heterocycles. The summed E-state index contributed by atoms with van der Waals surface area (Å²) < 4.78 is 7.41. The van der Waals surface area contributed by atoms with Gasteiger partial charge in [0.15, 0.2) is 0 Å². The molecule has 0 aliphatic carbocycles. The van der Waals surface area contributed by atoms with Gasteiger partial charge in [-0.3, -0.25) is 0 Å². The molecule has 1 aliphatic heterocycles. The Morgan fingerprint density at radius 2 is 2.67 bits per heavy atom. The topological polar surface area (TPSA) is 53.1 Å². The standard InChI is InChI=1S/C8H13N3O/c9-5-8-10-2-3-11(8)7-1-4-12-6-7/h2-3,7H,1,4-6,9H2. The van der Waals surface area contributed by atoms with E-state index in [1.807, 2.05) is 6.20 Å². The van der Waals surface area contributed by atoms with Crippen LogP contribution < -0.4 is 5.73 Å². The summed E-state index contributed by atoms with van der Waals surface area (Å²) in [7, 11) is 0. The number of nitrogens with zero attached hydrogens (tertiary/aromatic N) is 2. The zero-order chi connectivity index (χ0) is 8.39. The van der Waals surface area contributed by atoms with Crippen LogP contribution in [-0.2, 0) is 11.3 Å². The Labute approximate surface area is 71.3 Å². The SMILES string of the molecule is NCc1nccn1C1CCOC1. The molecular formula is C8H13N3O. The summed E-state index contributed by atoms with van der Waals surface area (Å²) in [5.74, 6) is 0.950. The molecule has 2 heterocycles. The van der Waals surface area contributed by atoms with Gasteiger partial charge in [-0.25, -0.2) is 4.98 Å². The molecule has 4 nitrogen and oxygen atoms in total. The summed E-state index contributed by atoms with van der Waals surface area (Å²) in [4.78, 5) is 4.16. The number of ether oxygens (including phenoxy) is 1. The van der Waals surface area contributed by atoms with E-state index >= 15 is 0 Å². The molecule has 1 aromatic rings. The molecule has 0 amide bonds. The van der Waals surface area contributed by atoms with Crippen LogP contribution in [0.25, 0.3) is 0 Å². The molecule has 0 saturated carbocycles. The van der Waals surface area contributed by atoms with Crippen LogP contribution in [0.1, 0.15) is 18.3 Å². The second-order valence-corrected chi connectivity index (χ2v) is 2.97. The second-order valence-electron chi connectivity index (χ2n) is 2.97. The summed E-state index contributed by atoms with van der Waals surface area (Å²) in [6, 6.07) is 0.450. The van der Waals surface area contributed by atoms with Gasteiger partial charge in [0.2, 0.25) is 0 Å². The molecule has 0 radical (unpaired) electrons. The Balaban J connectivity index is 2.19. The highest BCUT2D eigenvalue weighted by Gasteiger charge is 2.18. The molecule has 12 heavy (non-hydrogen) atoms. The van der Waals surface area contributed by atoms with E-state index < -0.39 is 0 Å². The van der Waals surface area contributed by atoms with Gasteiger partial charge >= 0.3 is 0 Å². The van der Waals surface area contributed by atoms with Crippen LogP contribution >= 0.6 is 0 Å². The lowest BCUT2D eigenvalue weighted by Crippen LogP contribution is -2.14. The molecule has 66 valence electrons. The van der Waals surface area contributed by atoms with Crippen molar-refractivity contribution < 1.29 is 4.74 Å². The van der Waals surface area contributed by atoms with Gasteiger partial charge < -0.3 is 15.0 Å². The van der Waals surface area contributed by atoms with Crippen LogP contribution in [0.15, 0.2) is 12.4 Å². The number of imidazole rings is 1. The van der Waals surface area contributed by atoms with E-state index in [0.717, 1.165) is 25.5 Å². The first-order valence-corrected chi connectivity index (χ1v) is 4.21. The summed E-state index contributed by atoms with van der Waals surface area (Å²) in [5, 5.41) is 0. The molecule has 2 N–H and O–H groups in total. The van der Waals surface area contributed by atoms with Gasteiger partial charge in [0.05, 0.1) is 19.2 Å². The number of hydrogen-bond acceptors (Lipinski definition) is 3. The Bertz CT molecular complexity index is 253. The van der Waals surface area contributed by atoms with E-state index in [1.54, 1.807) is 6.20 Å². The van der Waals surface area contributed by atoms with E-state index in [2.05, 4.69) is 9.55 Å². The molecule has 1 atom stereocenters. The molecule has 1 aliphatic rings. The van der Waals surface area contributed by atoms with E-state index in [4.69, 9.17) is 10.5 Å². The van der Waals surface area contributed by atoms with Gasteiger partial charge in [-0.05, 0) is 6.42 Å². The Kier molecular flexibility index (Phi) is 2.10. The Morgan fingerprint density at radius 3 is 3.33 bits per heavy atom. The summed E-state index contributed by atoms with van der Waals surface area (Å²) in [5.41, 5.74) is 5.54. The van der Waals surface area contributed by atoms with Crippen molar-refractivity contribution in [2.24, 2.45) is 5.73 Å². The molecule has 0 spiro atoms. The zero-order valence-electron chi connectivity index (χ0n) is 6.94. The minimum atomic E-state index is 0.450. The lowest BCUT2D eigenvalue weighted by atomic mass is 10.2. The molecule has 2 rings (SSSR count). The normalized spacial score (nSPS) is 23.2. The number of hydrogen-bond donors (Lipinski definition) is 1. The lowest BCUT2D eigenvalue weighted by Gasteiger charge is -2.11. The average molecular weight is 167 g/mol. The zero-order valence-corrected chi connectivity index (χ0v) is 6.94. The summed E-state index contributed by atoms with van der Waals surface area (Å²) in [6.07, 6.45) is 4.84. The van der Waals surface area contributed by atoms with Crippen molar-refractivity contribution >= 4 is 0 Å². The highest BCUT2D eigenvalue weighted by Crippen LogP contribution is 2.19. The molecular weight excluding hydrogens is 154 g/mol. The van der Waals surface area contributed by atoms with E-state index in [1.165, 1.54) is 0 Å². The third kappa shape index (κ3) is 1.23. The van der Waals surface area contributed by atoms with Gasteiger partial charge in [-0.15, -0.1) is 0 Å². The third-order valence-electron chi connectivity index (χ3n) is 2.23. The fourth-order valence-electron chi connectivity index (χ4n) is 1.58. The Morgan fingerprint density at radius 1 is 1.75 bits per heavy atom. The smallest absolute Gasteiger partial charge is 0.122 e. The second kappa shape index (κ2) is 3.25. The van der Waals surface area contributed by atoms with Crippen molar-refractivity contribution in [1.29, 1.82) is 0 Å². The van der Waals surface area contributed by atoms with Crippen molar-refractivity contribution in [3.63, 3.8) is 0 Å². The van der Waals surface area contributed by atoms with E-state index in [9.17, 15) is 0 Å². The maximum absolute atomic E-state index is 5.54. The van der Waals surface area contributed by atoms with Gasteiger partial charge in [0, 0.05) is 19.0 Å². The number of aromatic nitrogens is 2. The predicted molar refractivity (Wildman–Crippen MR) is 44.6 cm³/mol. The first kappa shape index (κ1) is 7.76. The average Bonchev–Trinajstić information content (AvgIpc) is 2.74. The van der Waals surface area contributed by atoms with Crippen LogP contribution in [0.2, 0.25) is 0 Å². The minimum Gasteiger partial charge on any atom is -0.379 e. The minimum absolute atomic E-state index is 0.450. The van der Waals surface area contributed by atoms with Crippen molar-refractivity contribution in [3.05, 3.63) is 18.2 Å². The van der Waals surface area contributed by atoms with Gasteiger partial charge in [0.1, 0.15) is 5.82 Å². The van der Waals surface area contributed by atoms with Gasteiger partial charge in [0.25, 0.3) is 0 Å². The highest BCUT2D eigenvalue weighted by molar-refractivity contribution is 4.95. The van der Waals surface area contributed by atoms with Crippen LogP contribution in [0.3, 0.4) is 0 Å². The number of nitrogens with two attached hydrogens (primary N) is 1. The maximum atomic E-state index is 5.54. The third-order valence-corrected chi connectivity index (χ3v) is 2.23. The fraction of sp³-hybridized carbons (Fsp3) is 0.625. The maximum Gasteiger partial charge on any atom is 0.122 e. The van der Waals surface area contributed by atoms with Gasteiger partial charge in [-0.2, -0.15) is 0 Å². The van der Waals surface area contributed by atoms with Crippen LogP contribution in [0.4, 0.5) is 0 Å². The van der Waals surface area contributed by atoms with Crippen molar-refractivity contribution in [2.45, 2.75) is 19.0 Å². The fourth-order valence-corrected chi connectivity index (χ4v) is 1.58. The van der Waals surface area contributed by atoms with Crippen molar-refractivity contribution in [1.82, 2.24) is 9.55 Å². The summed E-state index contributed by atoms with van der Waals surface area (Å²) >= 11 is 0. The number of rotatable bonds is 2. The van der Waals surface area contributed by atoms with Crippen LogP contribution in [0, 0.1) is 0 Å². The van der Waals surface area contributed by atoms with Crippen LogP contribution in [-0.4, -0.2) is 22.8 Å². The van der Waals surface area contributed by atoms with E-state index in [0.29, 0.717) is 12.6 Å². The molecule has 1 aromatic heterocycles. The molecule has 1 fully saturated rings. The van der Waals surface area contributed by atoms with Crippen LogP contribution in [0.5, 0.6) is 0 Å². The molecule has 4 heteroatoms. The highest BCUT2D eigenvalue weighted by atomic mass is 16.5. The predicted octanol–water partition coefficient (Wildman–Crippen LogP) is 0.303. The molecule has 0 aromatic carbocycles. The monoisotopic (exact) mass is 167 g/mol. The van der Waals surface area contributed by atoms with Crippen molar-refractivity contribution in [2.75, 3.05) is 13.2 Å². The lowest BCUT2D eigenvalue weighted by molar-refractivity contribution is 0.186. The summed E-state index contributed by atoms with van der Waals surface area (Å²) in [6.45, 7) is 2.15. The van der Waals surface area contributed by atoms with Gasteiger partial charge in [-0.1, -0.05) is 0 Å². The Hall–Kier alpha value is -0.870. The first-order chi connectivity index (χ1) is 5.92. The van der Waals surface area contributed by atoms with E-state index in [-0.39, 0.29) is 0 Å². The first-order valence-electron chi connectivity index (χ1n) is 4.21. The molecule has 0 bridgehead atoms. The quantitative estimate of drug-likeness (QED) is 0.689.